The second kappa shape index (κ2) is 8.12. The summed E-state index contributed by atoms with van der Waals surface area (Å²) in [5.41, 5.74) is 1.32. The van der Waals surface area contributed by atoms with E-state index < -0.39 is 0 Å². The molecule has 0 fully saturated rings. The first-order valence-electron chi connectivity index (χ1n) is 6.79. The van der Waals surface area contributed by atoms with Crippen molar-refractivity contribution in [3.05, 3.63) is 24.0 Å². The third-order valence-electron chi connectivity index (χ3n) is 2.71. The summed E-state index contributed by atoms with van der Waals surface area (Å²) in [6, 6.07) is 3.97. The van der Waals surface area contributed by atoms with E-state index in [2.05, 4.69) is 31.1 Å². The quantitative estimate of drug-likeness (QED) is 0.735. The Morgan fingerprint density at radius 1 is 1.21 bits per heavy atom. The summed E-state index contributed by atoms with van der Waals surface area (Å²) in [5.74, 6) is 0.838. The van der Waals surface area contributed by atoms with Gasteiger partial charge < -0.3 is 14.8 Å². The summed E-state index contributed by atoms with van der Waals surface area (Å²) in [6.07, 6.45) is 2.82. The fourth-order valence-corrected chi connectivity index (χ4v) is 1.47. The molecule has 0 spiro atoms. The molecule has 0 aliphatic heterocycles. The molecule has 0 aromatic carbocycles. The zero-order valence-electron chi connectivity index (χ0n) is 12.5. The van der Waals surface area contributed by atoms with Crippen LogP contribution >= 0.6 is 0 Å². The van der Waals surface area contributed by atoms with E-state index in [4.69, 9.17) is 9.47 Å². The van der Waals surface area contributed by atoms with Crippen molar-refractivity contribution in [3.8, 4) is 5.75 Å². The van der Waals surface area contributed by atoms with Crippen LogP contribution in [0.15, 0.2) is 18.3 Å². The predicted molar refractivity (Wildman–Crippen MR) is 77.4 cm³/mol. The number of pyridine rings is 1. The Kier molecular flexibility index (Phi) is 6.81. The lowest BCUT2D eigenvalue weighted by atomic mass is 9.93. The number of rotatable bonds is 8. The van der Waals surface area contributed by atoms with Gasteiger partial charge in [0.2, 0.25) is 0 Å². The molecule has 1 rings (SSSR count). The highest BCUT2D eigenvalue weighted by Gasteiger charge is 2.09. The van der Waals surface area contributed by atoms with E-state index in [1.807, 2.05) is 12.1 Å². The van der Waals surface area contributed by atoms with Crippen LogP contribution in [-0.4, -0.2) is 31.9 Å². The molecule has 1 aromatic rings. The minimum absolute atomic E-state index is 0.304. The molecule has 0 saturated heterocycles. The average Bonchev–Trinajstić information content (AvgIpc) is 2.35. The van der Waals surface area contributed by atoms with Gasteiger partial charge in [-0.25, -0.2) is 0 Å². The predicted octanol–water partition coefficient (Wildman–Crippen LogP) is 2.63. The second-order valence-corrected chi connectivity index (χ2v) is 5.81. The number of hydrogen-bond acceptors (Lipinski definition) is 4. The normalized spacial score (nSPS) is 11.6. The molecule has 1 heterocycles. The van der Waals surface area contributed by atoms with E-state index >= 15 is 0 Å². The molecule has 0 saturated carbocycles. The largest absolute Gasteiger partial charge is 0.492 e. The van der Waals surface area contributed by atoms with Crippen molar-refractivity contribution >= 4 is 0 Å². The van der Waals surface area contributed by atoms with Gasteiger partial charge >= 0.3 is 0 Å². The van der Waals surface area contributed by atoms with Gasteiger partial charge in [0.1, 0.15) is 5.75 Å². The van der Waals surface area contributed by atoms with E-state index in [9.17, 15) is 0 Å². The number of nitrogens with zero attached hydrogens (tertiary/aromatic N) is 1. The maximum absolute atomic E-state index is 5.68. The van der Waals surface area contributed by atoms with Crippen molar-refractivity contribution in [3.63, 3.8) is 0 Å². The number of nitrogens with one attached hydrogen (secondary N) is 1. The zero-order valence-corrected chi connectivity index (χ0v) is 12.5. The highest BCUT2D eigenvalue weighted by Crippen LogP contribution is 2.19. The lowest BCUT2D eigenvalue weighted by Gasteiger charge is -2.18. The number of ether oxygens (including phenoxy) is 2. The minimum atomic E-state index is 0.304. The molecule has 108 valence electrons. The van der Waals surface area contributed by atoms with Crippen LogP contribution < -0.4 is 10.1 Å². The van der Waals surface area contributed by atoms with Crippen LogP contribution in [0.2, 0.25) is 0 Å². The molecule has 4 nitrogen and oxygen atoms in total. The Morgan fingerprint density at radius 2 is 2.00 bits per heavy atom. The van der Waals surface area contributed by atoms with E-state index in [-0.39, 0.29) is 0 Å². The van der Waals surface area contributed by atoms with Crippen molar-refractivity contribution in [2.75, 3.05) is 26.9 Å². The van der Waals surface area contributed by atoms with Crippen LogP contribution in [0.25, 0.3) is 0 Å². The number of aromatic nitrogens is 1. The third kappa shape index (κ3) is 7.80. The molecule has 0 amide bonds. The van der Waals surface area contributed by atoms with Gasteiger partial charge in [-0.05, 0) is 24.0 Å². The second-order valence-electron chi connectivity index (χ2n) is 5.81. The van der Waals surface area contributed by atoms with Crippen LogP contribution in [0.5, 0.6) is 5.75 Å². The molecule has 0 aliphatic rings. The summed E-state index contributed by atoms with van der Waals surface area (Å²) >= 11 is 0. The van der Waals surface area contributed by atoms with Crippen molar-refractivity contribution in [1.29, 1.82) is 0 Å². The minimum Gasteiger partial charge on any atom is -0.492 e. The van der Waals surface area contributed by atoms with E-state index in [0.717, 1.165) is 37.6 Å². The molecule has 0 aliphatic carbocycles. The van der Waals surface area contributed by atoms with Crippen molar-refractivity contribution in [1.82, 2.24) is 10.3 Å². The first-order chi connectivity index (χ1) is 9.01. The molecular formula is C15H26N2O2. The van der Waals surface area contributed by atoms with Crippen LogP contribution in [0.1, 0.15) is 32.9 Å². The molecule has 0 bridgehead atoms. The first-order valence-corrected chi connectivity index (χ1v) is 6.79. The van der Waals surface area contributed by atoms with Crippen LogP contribution in [0.4, 0.5) is 0 Å². The molecular weight excluding hydrogens is 240 g/mol. The Morgan fingerprint density at radius 3 is 2.58 bits per heavy atom. The summed E-state index contributed by atoms with van der Waals surface area (Å²) in [4.78, 5) is 4.36. The van der Waals surface area contributed by atoms with E-state index in [0.29, 0.717) is 12.0 Å². The average molecular weight is 266 g/mol. The summed E-state index contributed by atoms with van der Waals surface area (Å²) in [5, 5.41) is 3.26. The lowest BCUT2D eigenvalue weighted by Crippen LogP contribution is -2.19. The SMILES string of the molecule is COCCNCc1ccc(OCCC(C)(C)C)cn1. The summed E-state index contributed by atoms with van der Waals surface area (Å²) < 4.78 is 10.6. The van der Waals surface area contributed by atoms with E-state index in [1.165, 1.54) is 0 Å². The van der Waals surface area contributed by atoms with Gasteiger partial charge in [-0.2, -0.15) is 0 Å². The van der Waals surface area contributed by atoms with Crippen molar-refractivity contribution < 1.29 is 9.47 Å². The van der Waals surface area contributed by atoms with Gasteiger partial charge in [0.05, 0.1) is 25.1 Å². The van der Waals surface area contributed by atoms with E-state index in [1.54, 1.807) is 13.3 Å². The van der Waals surface area contributed by atoms with Gasteiger partial charge in [-0.1, -0.05) is 20.8 Å². The van der Waals surface area contributed by atoms with Crippen LogP contribution in [0, 0.1) is 5.41 Å². The Hall–Kier alpha value is -1.13. The fourth-order valence-electron chi connectivity index (χ4n) is 1.47. The Labute approximate surface area is 116 Å². The number of methoxy groups -OCH3 is 1. The van der Waals surface area contributed by atoms with Gasteiger partial charge in [0.25, 0.3) is 0 Å². The van der Waals surface area contributed by atoms with Crippen molar-refractivity contribution in [2.24, 2.45) is 5.41 Å². The molecule has 4 heteroatoms. The summed E-state index contributed by atoms with van der Waals surface area (Å²) in [7, 11) is 1.70. The molecule has 1 aromatic heterocycles. The molecule has 0 atom stereocenters. The van der Waals surface area contributed by atoms with Gasteiger partial charge in [-0.15, -0.1) is 0 Å². The molecule has 1 N–H and O–H groups in total. The van der Waals surface area contributed by atoms with Crippen LogP contribution in [0.3, 0.4) is 0 Å². The maximum Gasteiger partial charge on any atom is 0.137 e. The van der Waals surface area contributed by atoms with Gasteiger partial charge in [0, 0.05) is 20.2 Å². The highest BCUT2D eigenvalue weighted by atomic mass is 16.5. The number of hydrogen-bond donors (Lipinski definition) is 1. The maximum atomic E-state index is 5.68. The van der Waals surface area contributed by atoms with Crippen molar-refractivity contribution in [2.45, 2.75) is 33.7 Å². The monoisotopic (exact) mass is 266 g/mol. The zero-order chi connectivity index (χ0) is 14.1. The topological polar surface area (TPSA) is 43.4 Å². The Bertz CT molecular complexity index is 344. The smallest absolute Gasteiger partial charge is 0.137 e. The first kappa shape index (κ1) is 15.9. The molecule has 0 radical (unpaired) electrons. The van der Waals surface area contributed by atoms with Gasteiger partial charge in [-0.3, -0.25) is 4.98 Å². The van der Waals surface area contributed by atoms with Crippen LogP contribution in [-0.2, 0) is 11.3 Å². The highest BCUT2D eigenvalue weighted by molar-refractivity contribution is 5.19. The standard InChI is InChI=1S/C15H26N2O2/c1-15(2,3)7-9-19-14-6-5-13(17-12-14)11-16-8-10-18-4/h5-6,12,16H,7-11H2,1-4H3. The summed E-state index contributed by atoms with van der Waals surface area (Å²) in [6.45, 7) is 9.68. The van der Waals surface area contributed by atoms with Gasteiger partial charge in [0.15, 0.2) is 0 Å². The lowest BCUT2D eigenvalue weighted by molar-refractivity contribution is 0.199. The third-order valence-corrected chi connectivity index (χ3v) is 2.71. The molecule has 0 unspecified atom stereocenters. The fraction of sp³-hybridized carbons (Fsp3) is 0.667. The molecule has 19 heavy (non-hydrogen) atoms. The Balaban J connectivity index is 2.27.